The second kappa shape index (κ2) is 5.89. The van der Waals surface area contributed by atoms with Crippen molar-refractivity contribution in [3.05, 3.63) is 47.3 Å². The van der Waals surface area contributed by atoms with E-state index in [1.807, 2.05) is 30.9 Å². The fourth-order valence-electron chi connectivity index (χ4n) is 2.37. The molecule has 0 bridgehead atoms. The van der Waals surface area contributed by atoms with E-state index in [1.54, 1.807) is 7.11 Å². The highest BCUT2D eigenvalue weighted by Crippen LogP contribution is 2.26. The molecule has 2 aromatic rings. The van der Waals surface area contributed by atoms with Crippen molar-refractivity contribution in [1.82, 2.24) is 15.1 Å². The van der Waals surface area contributed by atoms with Crippen LogP contribution in [-0.2, 0) is 13.5 Å². The summed E-state index contributed by atoms with van der Waals surface area (Å²) in [6.07, 6.45) is 3.02. The number of aromatic nitrogens is 2. The highest BCUT2D eigenvalue weighted by molar-refractivity contribution is 5.36. The van der Waals surface area contributed by atoms with Gasteiger partial charge in [-0.15, -0.1) is 0 Å². The fraction of sp³-hybridized carbons (Fsp3) is 0.400. The van der Waals surface area contributed by atoms with Crippen molar-refractivity contribution in [3.63, 3.8) is 0 Å². The lowest BCUT2D eigenvalue weighted by Crippen LogP contribution is -2.18. The smallest absolute Gasteiger partial charge is 0.118 e. The molecule has 1 unspecified atom stereocenters. The number of benzene rings is 1. The van der Waals surface area contributed by atoms with Crippen LogP contribution in [0.4, 0.5) is 0 Å². The molecule has 1 aromatic heterocycles. The normalized spacial score (nSPS) is 12.4. The summed E-state index contributed by atoms with van der Waals surface area (Å²) >= 11 is 0. The fourth-order valence-corrected chi connectivity index (χ4v) is 2.37. The van der Waals surface area contributed by atoms with Crippen molar-refractivity contribution in [2.24, 2.45) is 7.05 Å². The van der Waals surface area contributed by atoms with Crippen LogP contribution in [-0.4, -0.2) is 23.9 Å². The summed E-state index contributed by atoms with van der Waals surface area (Å²) in [5, 5.41) is 7.88. The Labute approximate surface area is 114 Å². The SMILES string of the molecule is CCc1nn(C)cc1C(NC)c1ccc(OC)cc1. The van der Waals surface area contributed by atoms with Gasteiger partial charge >= 0.3 is 0 Å². The predicted octanol–water partition coefficient (Wildman–Crippen LogP) is 2.30. The molecule has 1 aromatic carbocycles. The first-order chi connectivity index (χ1) is 9.19. The third-order valence-corrected chi connectivity index (χ3v) is 3.32. The molecular formula is C15H21N3O. The van der Waals surface area contributed by atoms with Crippen molar-refractivity contribution in [2.45, 2.75) is 19.4 Å². The van der Waals surface area contributed by atoms with Crippen LogP contribution >= 0.6 is 0 Å². The predicted molar refractivity (Wildman–Crippen MR) is 76.5 cm³/mol. The summed E-state index contributed by atoms with van der Waals surface area (Å²) < 4.78 is 7.08. The molecule has 0 saturated carbocycles. The summed E-state index contributed by atoms with van der Waals surface area (Å²) in [5.74, 6) is 0.875. The highest BCUT2D eigenvalue weighted by Gasteiger charge is 2.18. The van der Waals surface area contributed by atoms with Crippen molar-refractivity contribution in [3.8, 4) is 5.75 Å². The number of aryl methyl sites for hydroxylation is 2. The molecular weight excluding hydrogens is 238 g/mol. The summed E-state index contributed by atoms with van der Waals surface area (Å²) in [6, 6.07) is 8.32. The molecule has 0 aliphatic rings. The van der Waals surface area contributed by atoms with E-state index in [0.717, 1.165) is 17.9 Å². The van der Waals surface area contributed by atoms with Crippen molar-refractivity contribution in [1.29, 1.82) is 0 Å². The van der Waals surface area contributed by atoms with Crippen LogP contribution in [0.3, 0.4) is 0 Å². The highest BCUT2D eigenvalue weighted by atomic mass is 16.5. The number of nitrogens with one attached hydrogen (secondary N) is 1. The molecule has 102 valence electrons. The van der Waals surface area contributed by atoms with Crippen LogP contribution in [0.1, 0.15) is 29.8 Å². The zero-order valence-electron chi connectivity index (χ0n) is 12.0. The molecule has 0 amide bonds. The van der Waals surface area contributed by atoms with Gasteiger partial charge in [0.15, 0.2) is 0 Å². The number of hydrogen-bond acceptors (Lipinski definition) is 3. The van der Waals surface area contributed by atoms with E-state index in [0.29, 0.717) is 0 Å². The molecule has 0 saturated heterocycles. The molecule has 0 aliphatic heterocycles. The Morgan fingerprint density at radius 3 is 2.53 bits per heavy atom. The molecule has 1 atom stereocenters. The van der Waals surface area contributed by atoms with Gasteiger partial charge in [0, 0.05) is 18.8 Å². The molecule has 0 fully saturated rings. The van der Waals surface area contributed by atoms with E-state index in [1.165, 1.54) is 11.1 Å². The number of hydrogen-bond donors (Lipinski definition) is 1. The largest absolute Gasteiger partial charge is 0.497 e. The van der Waals surface area contributed by atoms with Crippen LogP contribution in [0.5, 0.6) is 5.75 Å². The van der Waals surface area contributed by atoms with Crippen LogP contribution in [0, 0.1) is 0 Å². The van der Waals surface area contributed by atoms with E-state index in [4.69, 9.17) is 4.74 Å². The lowest BCUT2D eigenvalue weighted by Gasteiger charge is -2.17. The first kappa shape index (κ1) is 13.6. The second-order valence-corrected chi connectivity index (χ2v) is 4.55. The number of rotatable bonds is 5. The van der Waals surface area contributed by atoms with Crippen LogP contribution < -0.4 is 10.1 Å². The lowest BCUT2D eigenvalue weighted by atomic mass is 9.98. The number of methoxy groups -OCH3 is 1. The van der Waals surface area contributed by atoms with Gasteiger partial charge in [-0.3, -0.25) is 4.68 Å². The summed E-state index contributed by atoms with van der Waals surface area (Å²) in [7, 11) is 5.62. The molecule has 0 radical (unpaired) electrons. The molecule has 2 rings (SSSR count). The average Bonchev–Trinajstić information content (AvgIpc) is 2.81. The van der Waals surface area contributed by atoms with Crippen LogP contribution in [0.15, 0.2) is 30.5 Å². The zero-order valence-corrected chi connectivity index (χ0v) is 12.0. The van der Waals surface area contributed by atoms with Gasteiger partial charge in [0.25, 0.3) is 0 Å². The van der Waals surface area contributed by atoms with Crippen molar-refractivity contribution in [2.75, 3.05) is 14.2 Å². The Bertz CT molecular complexity index is 531. The second-order valence-electron chi connectivity index (χ2n) is 4.55. The summed E-state index contributed by atoms with van der Waals surface area (Å²) in [5.41, 5.74) is 3.58. The topological polar surface area (TPSA) is 39.1 Å². The van der Waals surface area contributed by atoms with Gasteiger partial charge in [0.2, 0.25) is 0 Å². The molecule has 1 N–H and O–H groups in total. The Balaban J connectivity index is 2.37. The minimum atomic E-state index is 0.162. The quantitative estimate of drug-likeness (QED) is 0.895. The van der Waals surface area contributed by atoms with E-state index in [2.05, 4.69) is 35.7 Å². The van der Waals surface area contributed by atoms with Gasteiger partial charge in [-0.2, -0.15) is 5.10 Å². The van der Waals surface area contributed by atoms with E-state index < -0.39 is 0 Å². The van der Waals surface area contributed by atoms with Gasteiger partial charge in [-0.1, -0.05) is 19.1 Å². The lowest BCUT2D eigenvalue weighted by molar-refractivity contribution is 0.414. The first-order valence-corrected chi connectivity index (χ1v) is 6.53. The van der Waals surface area contributed by atoms with E-state index >= 15 is 0 Å². The van der Waals surface area contributed by atoms with Gasteiger partial charge in [-0.05, 0) is 31.2 Å². The maximum Gasteiger partial charge on any atom is 0.118 e. The van der Waals surface area contributed by atoms with Gasteiger partial charge < -0.3 is 10.1 Å². The Morgan fingerprint density at radius 1 is 1.32 bits per heavy atom. The molecule has 4 heteroatoms. The molecule has 1 heterocycles. The summed E-state index contributed by atoms with van der Waals surface area (Å²) in [6.45, 7) is 2.13. The van der Waals surface area contributed by atoms with E-state index in [-0.39, 0.29) is 6.04 Å². The van der Waals surface area contributed by atoms with E-state index in [9.17, 15) is 0 Å². The van der Waals surface area contributed by atoms with Crippen molar-refractivity contribution >= 4 is 0 Å². The van der Waals surface area contributed by atoms with Crippen LogP contribution in [0.2, 0.25) is 0 Å². The molecule has 0 spiro atoms. The Morgan fingerprint density at radius 2 is 2.00 bits per heavy atom. The van der Waals surface area contributed by atoms with Crippen LogP contribution in [0.25, 0.3) is 0 Å². The zero-order chi connectivity index (χ0) is 13.8. The monoisotopic (exact) mass is 259 g/mol. The molecule has 19 heavy (non-hydrogen) atoms. The molecule has 0 aliphatic carbocycles. The van der Waals surface area contributed by atoms with Gasteiger partial charge in [-0.25, -0.2) is 0 Å². The third kappa shape index (κ3) is 2.79. The minimum Gasteiger partial charge on any atom is -0.497 e. The Hall–Kier alpha value is -1.81. The van der Waals surface area contributed by atoms with Gasteiger partial charge in [0.1, 0.15) is 5.75 Å². The maximum absolute atomic E-state index is 5.20. The third-order valence-electron chi connectivity index (χ3n) is 3.32. The van der Waals surface area contributed by atoms with Gasteiger partial charge in [0.05, 0.1) is 18.8 Å². The number of ether oxygens (including phenoxy) is 1. The Kier molecular flexibility index (Phi) is 4.22. The summed E-state index contributed by atoms with van der Waals surface area (Å²) in [4.78, 5) is 0. The standard InChI is InChI=1S/C15H21N3O/c1-5-14-13(10-18(3)17-14)15(16-2)11-6-8-12(19-4)9-7-11/h6-10,15-16H,5H2,1-4H3. The van der Waals surface area contributed by atoms with Crippen molar-refractivity contribution < 1.29 is 4.74 Å². The first-order valence-electron chi connectivity index (χ1n) is 6.53. The number of nitrogens with zero attached hydrogens (tertiary/aromatic N) is 2. The average molecular weight is 259 g/mol. The maximum atomic E-state index is 5.20. The minimum absolute atomic E-state index is 0.162. The molecule has 4 nitrogen and oxygen atoms in total.